The molecule has 2 heteroatoms. The molecule has 0 aliphatic heterocycles. The molecular formula is C13H16F2. The summed E-state index contributed by atoms with van der Waals surface area (Å²) in [6.45, 7) is 6.36. The minimum Gasteiger partial charge on any atom is -0.206 e. The molecule has 0 amide bonds. The summed E-state index contributed by atoms with van der Waals surface area (Å²) in [6, 6.07) is 7.60. The first-order chi connectivity index (χ1) is 6.81. The minimum atomic E-state index is -2.46. The first kappa shape index (κ1) is 10.6. The molecule has 1 saturated carbocycles. The maximum absolute atomic E-state index is 12.8. The molecule has 15 heavy (non-hydrogen) atoms. The van der Waals surface area contributed by atoms with Crippen molar-refractivity contribution < 1.29 is 8.78 Å². The van der Waals surface area contributed by atoms with Crippen LogP contribution in [0.3, 0.4) is 0 Å². The summed E-state index contributed by atoms with van der Waals surface area (Å²) < 4.78 is 25.6. The highest BCUT2D eigenvalue weighted by Crippen LogP contribution is 2.55. The Hall–Kier alpha value is -0.920. The van der Waals surface area contributed by atoms with Gasteiger partial charge in [0.15, 0.2) is 0 Å². The van der Waals surface area contributed by atoms with Crippen molar-refractivity contribution in [3.05, 3.63) is 35.4 Å². The van der Waals surface area contributed by atoms with Gasteiger partial charge in [-0.3, -0.25) is 0 Å². The summed E-state index contributed by atoms with van der Waals surface area (Å²) in [5, 5.41) is 0. The standard InChI is InChI=1S/C13H16F2/c1-12(2,3)10-6-4-9(5-7-10)11-8-13(11,14)15/h4-7,11H,8H2,1-3H3. The molecule has 1 aliphatic rings. The van der Waals surface area contributed by atoms with Gasteiger partial charge in [0.1, 0.15) is 0 Å². The van der Waals surface area contributed by atoms with E-state index in [4.69, 9.17) is 0 Å². The third-order valence-electron chi connectivity index (χ3n) is 3.01. The predicted molar refractivity (Wildman–Crippen MR) is 57.4 cm³/mol. The summed E-state index contributed by atoms with van der Waals surface area (Å²) in [7, 11) is 0. The summed E-state index contributed by atoms with van der Waals surface area (Å²) in [5.41, 5.74) is 2.05. The van der Waals surface area contributed by atoms with Crippen molar-refractivity contribution >= 4 is 0 Å². The molecule has 0 nitrogen and oxygen atoms in total. The SMILES string of the molecule is CC(C)(C)c1ccc(C2CC2(F)F)cc1. The van der Waals surface area contributed by atoms with E-state index in [0.717, 1.165) is 5.56 Å². The lowest BCUT2D eigenvalue weighted by Crippen LogP contribution is -2.10. The fourth-order valence-electron chi connectivity index (χ4n) is 1.79. The highest BCUT2D eigenvalue weighted by Gasteiger charge is 2.57. The first-order valence-electron chi connectivity index (χ1n) is 5.29. The van der Waals surface area contributed by atoms with E-state index in [0.29, 0.717) is 0 Å². The van der Waals surface area contributed by atoms with Crippen LogP contribution in [0.4, 0.5) is 8.78 Å². The Morgan fingerprint density at radius 1 is 1.13 bits per heavy atom. The van der Waals surface area contributed by atoms with Gasteiger partial charge in [-0.15, -0.1) is 0 Å². The van der Waals surface area contributed by atoms with E-state index in [2.05, 4.69) is 20.8 Å². The van der Waals surface area contributed by atoms with Crippen LogP contribution in [0.2, 0.25) is 0 Å². The Bertz CT molecular complexity index is 357. The van der Waals surface area contributed by atoms with Crippen molar-refractivity contribution in [3.63, 3.8) is 0 Å². The summed E-state index contributed by atoms with van der Waals surface area (Å²) in [4.78, 5) is 0. The molecule has 0 heterocycles. The third kappa shape index (κ3) is 2.04. The molecule has 0 radical (unpaired) electrons. The number of benzene rings is 1. The van der Waals surface area contributed by atoms with Gasteiger partial charge in [0.25, 0.3) is 5.92 Å². The van der Waals surface area contributed by atoms with Gasteiger partial charge in [0, 0.05) is 6.42 Å². The van der Waals surface area contributed by atoms with Crippen LogP contribution in [0, 0.1) is 0 Å². The van der Waals surface area contributed by atoms with Crippen molar-refractivity contribution in [1.82, 2.24) is 0 Å². The van der Waals surface area contributed by atoms with Gasteiger partial charge in [-0.25, -0.2) is 8.78 Å². The summed E-state index contributed by atoms with van der Waals surface area (Å²) in [5.74, 6) is -2.99. The first-order valence-corrected chi connectivity index (χ1v) is 5.29. The van der Waals surface area contributed by atoms with Crippen LogP contribution in [0.25, 0.3) is 0 Å². The van der Waals surface area contributed by atoms with Gasteiger partial charge in [-0.05, 0) is 16.5 Å². The molecule has 1 aromatic carbocycles. The molecule has 0 bridgehead atoms. The van der Waals surface area contributed by atoms with E-state index in [1.54, 1.807) is 0 Å². The lowest BCUT2D eigenvalue weighted by atomic mass is 9.86. The second-order valence-corrected chi connectivity index (χ2v) is 5.39. The Balaban J connectivity index is 2.19. The molecule has 1 aromatic rings. The number of hydrogen-bond acceptors (Lipinski definition) is 0. The van der Waals surface area contributed by atoms with Gasteiger partial charge in [-0.2, -0.15) is 0 Å². The number of rotatable bonds is 1. The van der Waals surface area contributed by atoms with E-state index in [-0.39, 0.29) is 11.8 Å². The molecule has 0 saturated heterocycles. The normalized spacial score (nSPS) is 23.9. The monoisotopic (exact) mass is 210 g/mol. The van der Waals surface area contributed by atoms with Crippen LogP contribution in [0.5, 0.6) is 0 Å². The van der Waals surface area contributed by atoms with Gasteiger partial charge < -0.3 is 0 Å². The Morgan fingerprint density at radius 3 is 1.93 bits per heavy atom. The lowest BCUT2D eigenvalue weighted by molar-refractivity contribution is 0.112. The smallest absolute Gasteiger partial charge is 0.206 e. The lowest BCUT2D eigenvalue weighted by Gasteiger charge is -2.19. The molecule has 0 spiro atoms. The molecule has 2 rings (SSSR count). The van der Waals surface area contributed by atoms with Gasteiger partial charge in [-0.1, -0.05) is 45.0 Å². The van der Waals surface area contributed by atoms with Crippen molar-refractivity contribution in [2.75, 3.05) is 0 Å². The Morgan fingerprint density at radius 2 is 1.60 bits per heavy atom. The zero-order valence-corrected chi connectivity index (χ0v) is 9.35. The number of halogens is 2. The molecule has 0 aromatic heterocycles. The van der Waals surface area contributed by atoms with E-state index in [9.17, 15) is 8.78 Å². The molecule has 1 unspecified atom stereocenters. The minimum absolute atomic E-state index is 0.0157. The van der Waals surface area contributed by atoms with E-state index < -0.39 is 11.8 Å². The van der Waals surface area contributed by atoms with Crippen molar-refractivity contribution in [3.8, 4) is 0 Å². The average molecular weight is 210 g/mol. The quantitative estimate of drug-likeness (QED) is 0.654. The molecule has 1 atom stereocenters. The molecule has 1 aliphatic carbocycles. The van der Waals surface area contributed by atoms with Crippen LogP contribution in [0.1, 0.15) is 44.2 Å². The third-order valence-corrected chi connectivity index (χ3v) is 3.01. The topological polar surface area (TPSA) is 0 Å². The highest BCUT2D eigenvalue weighted by molar-refractivity contribution is 5.34. The summed E-state index contributed by atoms with van der Waals surface area (Å²) >= 11 is 0. The predicted octanol–water partition coefficient (Wildman–Crippen LogP) is 4.11. The second-order valence-electron chi connectivity index (χ2n) is 5.39. The fraction of sp³-hybridized carbons (Fsp3) is 0.538. The van der Waals surface area contributed by atoms with Crippen LogP contribution in [-0.2, 0) is 5.41 Å². The van der Waals surface area contributed by atoms with Crippen LogP contribution in [-0.4, -0.2) is 5.92 Å². The van der Waals surface area contributed by atoms with Gasteiger partial charge in [0.05, 0.1) is 5.92 Å². The van der Waals surface area contributed by atoms with Crippen molar-refractivity contribution in [2.45, 2.75) is 44.4 Å². The fourth-order valence-corrected chi connectivity index (χ4v) is 1.79. The van der Waals surface area contributed by atoms with Crippen LogP contribution < -0.4 is 0 Å². The highest BCUT2D eigenvalue weighted by atomic mass is 19.3. The van der Waals surface area contributed by atoms with Crippen LogP contribution in [0.15, 0.2) is 24.3 Å². The molecule has 1 fully saturated rings. The van der Waals surface area contributed by atoms with Crippen LogP contribution >= 0.6 is 0 Å². The van der Waals surface area contributed by atoms with Gasteiger partial charge >= 0.3 is 0 Å². The maximum atomic E-state index is 12.8. The Labute approximate surface area is 89.3 Å². The van der Waals surface area contributed by atoms with E-state index in [1.807, 2.05) is 24.3 Å². The molecule has 82 valence electrons. The van der Waals surface area contributed by atoms with Crippen molar-refractivity contribution in [2.24, 2.45) is 0 Å². The average Bonchev–Trinajstić information content (AvgIpc) is 2.74. The number of hydrogen-bond donors (Lipinski definition) is 0. The Kier molecular flexibility index (Phi) is 2.14. The van der Waals surface area contributed by atoms with E-state index >= 15 is 0 Å². The van der Waals surface area contributed by atoms with Gasteiger partial charge in [0.2, 0.25) is 0 Å². The number of alkyl halides is 2. The zero-order valence-electron chi connectivity index (χ0n) is 9.35. The maximum Gasteiger partial charge on any atom is 0.255 e. The van der Waals surface area contributed by atoms with E-state index in [1.165, 1.54) is 5.56 Å². The zero-order chi connectivity index (χ0) is 11.3. The van der Waals surface area contributed by atoms with Crippen molar-refractivity contribution in [1.29, 1.82) is 0 Å². The largest absolute Gasteiger partial charge is 0.255 e. The molecular weight excluding hydrogens is 194 g/mol. The summed E-state index contributed by atoms with van der Waals surface area (Å²) in [6.07, 6.45) is 0.0157. The molecule has 0 N–H and O–H groups in total. The second kappa shape index (κ2) is 3.03.